The van der Waals surface area contributed by atoms with Crippen molar-refractivity contribution in [3.63, 3.8) is 0 Å². The predicted molar refractivity (Wildman–Crippen MR) is 79.6 cm³/mol. The van der Waals surface area contributed by atoms with E-state index in [1.54, 1.807) is 24.3 Å². The Morgan fingerprint density at radius 1 is 1.35 bits per heavy atom. The van der Waals surface area contributed by atoms with E-state index >= 15 is 0 Å². The molecule has 9 heteroatoms. The Kier molecular flexibility index (Phi) is 4.83. The number of hydrogen-bond acceptors (Lipinski definition) is 5. The third-order valence-corrected chi connectivity index (χ3v) is 3.45. The second-order valence-electron chi connectivity index (χ2n) is 3.72. The summed E-state index contributed by atoms with van der Waals surface area (Å²) < 4.78 is 0.438. The normalized spacial score (nSPS) is 10.1. The van der Waals surface area contributed by atoms with Crippen LogP contribution in [0.5, 0.6) is 0 Å². The Labute approximate surface area is 128 Å². The molecule has 0 saturated heterocycles. The van der Waals surface area contributed by atoms with Crippen molar-refractivity contribution in [1.29, 1.82) is 0 Å². The van der Waals surface area contributed by atoms with Crippen LogP contribution in [0.1, 0.15) is 5.56 Å². The van der Waals surface area contributed by atoms with E-state index in [1.165, 1.54) is 0 Å². The van der Waals surface area contributed by atoms with E-state index in [-0.39, 0.29) is 6.42 Å². The summed E-state index contributed by atoms with van der Waals surface area (Å²) in [6.07, 6.45) is 0.0842. The first-order valence-corrected chi connectivity index (χ1v) is 7.04. The van der Waals surface area contributed by atoms with Crippen LogP contribution in [0, 0.1) is 3.95 Å². The fourth-order valence-corrected chi connectivity index (χ4v) is 2.28. The van der Waals surface area contributed by atoms with Gasteiger partial charge in [-0.2, -0.15) is 0 Å². The van der Waals surface area contributed by atoms with Crippen molar-refractivity contribution in [1.82, 2.24) is 15.5 Å². The standard InChI is InChI=1S/C11H9ClN4O2S2/c12-7-3-1-6(2-4-7)5-8(17)13-9(18)14-10-15-16-11(19)20-10/h1-4H,5H2,(H,16,19)(H2,13,14,15,17,18). The lowest BCUT2D eigenvalue weighted by atomic mass is 10.1. The molecule has 0 saturated carbocycles. The van der Waals surface area contributed by atoms with E-state index in [9.17, 15) is 9.59 Å². The summed E-state index contributed by atoms with van der Waals surface area (Å²) in [5, 5.41) is 11.8. The Morgan fingerprint density at radius 2 is 2.05 bits per heavy atom. The first-order chi connectivity index (χ1) is 9.52. The zero-order chi connectivity index (χ0) is 14.5. The number of imide groups is 1. The second kappa shape index (κ2) is 6.60. The number of hydrogen-bond donors (Lipinski definition) is 3. The lowest BCUT2D eigenvalue weighted by Crippen LogP contribution is -2.35. The maximum atomic E-state index is 11.7. The fraction of sp³-hybridized carbons (Fsp3) is 0.0909. The molecule has 0 aliphatic heterocycles. The van der Waals surface area contributed by atoms with Crippen LogP contribution in [0.3, 0.4) is 0 Å². The third kappa shape index (κ3) is 4.41. The van der Waals surface area contributed by atoms with Gasteiger partial charge in [0.1, 0.15) is 0 Å². The number of rotatable bonds is 3. The van der Waals surface area contributed by atoms with Crippen LogP contribution in [-0.4, -0.2) is 22.1 Å². The monoisotopic (exact) mass is 328 g/mol. The highest BCUT2D eigenvalue weighted by Crippen LogP contribution is 2.11. The number of amides is 3. The molecule has 2 rings (SSSR count). The van der Waals surface area contributed by atoms with Gasteiger partial charge < -0.3 is 0 Å². The van der Waals surface area contributed by atoms with Gasteiger partial charge in [-0.15, -0.1) is 5.10 Å². The largest absolute Gasteiger partial charge is 0.327 e. The minimum absolute atomic E-state index is 0.0842. The number of urea groups is 1. The Balaban J connectivity index is 1.86. The number of H-pyrrole nitrogens is 1. The van der Waals surface area contributed by atoms with Crippen molar-refractivity contribution in [2.45, 2.75) is 6.42 Å². The fourth-order valence-electron chi connectivity index (χ4n) is 1.37. The highest BCUT2D eigenvalue weighted by Gasteiger charge is 2.10. The van der Waals surface area contributed by atoms with Gasteiger partial charge in [-0.05, 0) is 29.9 Å². The summed E-state index contributed by atoms with van der Waals surface area (Å²) in [4.78, 5) is 23.2. The Bertz CT molecular complexity index is 680. The molecule has 0 radical (unpaired) electrons. The molecule has 0 bridgehead atoms. The Morgan fingerprint density at radius 3 is 2.65 bits per heavy atom. The minimum Gasteiger partial charge on any atom is -0.282 e. The van der Waals surface area contributed by atoms with Crippen molar-refractivity contribution in [3.8, 4) is 0 Å². The van der Waals surface area contributed by atoms with Crippen molar-refractivity contribution in [2.75, 3.05) is 5.32 Å². The van der Waals surface area contributed by atoms with Crippen LogP contribution in [0.2, 0.25) is 5.02 Å². The summed E-state index contributed by atoms with van der Waals surface area (Å²) in [5.74, 6) is -0.427. The summed E-state index contributed by atoms with van der Waals surface area (Å²) in [5.41, 5.74) is 0.759. The quantitative estimate of drug-likeness (QED) is 0.756. The number of halogens is 1. The molecule has 1 aromatic heterocycles. The van der Waals surface area contributed by atoms with Gasteiger partial charge in [-0.3, -0.25) is 20.5 Å². The van der Waals surface area contributed by atoms with E-state index in [2.05, 4.69) is 20.8 Å². The van der Waals surface area contributed by atoms with Crippen molar-refractivity contribution in [3.05, 3.63) is 38.8 Å². The molecule has 0 atom stereocenters. The van der Waals surface area contributed by atoms with Crippen LogP contribution in [0.25, 0.3) is 0 Å². The molecule has 20 heavy (non-hydrogen) atoms. The maximum Gasteiger partial charge on any atom is 0.327 e. The van der Waals surface area contributed by atoms with Crippen LogP contribution >= 0.6 is 35.2 Å². The summed E-state index contributed by atoms with van der Waals surface area (Å²) in [6.45, 7) is 0. The van der Waals surface area contributed by atoms with Gasteiger partial charge in [0.15, 0.2) is 3.95 Å². The number of aromatic nitrogens is 2. The summed E-state index contributed by atoms with van der Waals surface area (Å²) in [6, 6.07) is 6.15. The van der Waals surface area contributed by atoms with E-state index in [1.807, 2.05) is 0 Å². The van der Waals surface area contributed by atoms with Crippen molar-refractivity contribution in [2.24, 2.45) is 0 Å². The predicted octanol–water partition coefficient (Wildman–Crippen LogP) is 2.74. The number of nitrogens with zero attached hydrogens (tertiary/aromatic N) is 1. The minimum atomic E-state index is -0.651. The van der Waals surface area contributed by atoms with E-state index in [0.717, 1.165) is 16.9 Å². The number of anilines is 1. The lowest BCUT2D eigenvalue weighted by Gasteiger charge is -2.04. The van der Waals surface area contributed by atoms with Gasteiger partial charge in [-0.25, -0.2) is 4.79 Å². The molecule has 3 amide bonds. The smallest absolute Gasteiger partial charge is 0.282 e. The molecule has 1 heterocycles. The van der Waals surface area contributed by atoms with Crippen LogP contribution in [0.15, 0.2) is 24.3 Å². The molecule has 1 aromatic carbocycles. The molecule has 2 aromatic rings. The summed E-state index contributed by atoms with van der Waals surface area (Å²) >= 11 is 11.7. The zero-order valence-electron chi connectivity index (χ0n) is 9.97. The second-order valence-corrected chi connectivity index (χ2v) is 5.83. The molecule has 104 valence electrons. The number of carbonyl (C=O) groups excluding carboxylic acids is 2. The SMILES string of the molecule is O=C(Cc1ccc(Cl)cc1)NC(=O)Nc1n[nH]c(=S)s1. The molecule has 0 unspecified atom stereocenters. The topological polar surface area (TPSA) is 86.9 Å². The molecular formula is C11H9ClN4O2S2. The molecular weight excluding hydrogens is 320 g/mol. The first-order valence-electron chi connectivity index (χ1n) is 5.44. The number of carbonyl (C=O) groups is 2. The molecule has 3 N–H and O–H groups in total. The highest BCUT2D eigenvalue weighted by molar-refractivity contribution is 7.73. The van der Waals surface area contributed by atoms with Gasteiger partial charge in [0.2, 0.25) is 11.0 Å². The number of aromatic amines is 1. The highest BCUT2D eigenvalue weighted by atomic mass is 35.5. The average molecular weight is 329 g/mol. The van der Waals surface area contributed by atoms with Crippen molar-refractivity contribution >= 4 is 52.2 Å². The Hall–Kier alpha value is -1.77. The molecule has 0 fully saturated rings. The third-order valence-electron chi connectivity index (χ3n) is 2.19. The number of benzene rings is 1. The van der Waals surface area contributed by atoms with E-state index < -0.39 is 11.9 Å². The van der Waals surface area contributed by atoms with Crippen LogP contribution < -0.4 is 10.6 Å². The summed E-state index contributed by atoms with van der Waals surface area (Å²) in [7, 11) is 0. The molecule has 0 aliphatic carbocycles. The molecule has 0 spiro atoms. The van der Waals surface area contributed by atoms with Gasteiger partial charge >= 0.3 is 6.03 Å². The maximum absolute atomic E-state index is 11.7. The van der Waals surface area contributed by atoms with Crippen molar-refractivity contribution < 1.29 is 9.59 Å². The number of nitrogens with one attached hydrogen (secondary N) is 3. The van der Waals surface area contributed by atoms with Gasteiger partial charge in [-0.1, -0.05) is 35.1 Å². The average Bonchev–Trinajstić information content (AvgIpc) is 2.77. The molecule has 6 nitrogen and oxygen atoms in total. The van der Waals surface area contributed by atoms with Gasteiger partial charge in [0.25, 0.3) is 0 Å². The first kappa shape index (κ1) is 14.6. The lowest BCUT2D eigenvalue weighted by molar-refractivity contribution is -0.119. The van der Waals surface area contributed by atoms with E-state index in [0.29, 0.717) is 14.1 Å². The van der Waals surface area contributed by atoms with E-state index in [4.69, 9.17) is 23.8 Å². The van der Waals surface area contributed by atoms with Crippen LogP contribution in [-0.2, 0) is 11.2 Å². The van der Waals surface area contributed by atoms with Gasteiger partial charge in [0.05, 0.1) is 6.42 Å². The molecule has 0 aliphatic rings. The zero-order valence-corrected chi connectivity index (χ0v) is 12.4. The van der Waals surface area contributed by atoms with Gasteiger partial charge in [0, 0.05) is 5.02 Å². The van der Waals surface area contributed by atoms with Crippen LogP contribution in [0.4, 0.5) is 9.93 Å².